The van der Waals surface area contributed by atoms with E-state index in [2.05, 4.69) is 33.9 Å². The van der Waals surface area contributed by atoms with Gasteiger partial charge in [0.2, 0.25) is 0 Å². The summed E-state index contributed by atoms with van der Waals surface area (Å²) in [7, 11) is -1.97. The van der Waals surface area contributed by atoms with Gasteiger partial charge in [-0.15, -0.1) is 0 Å². The monoisotopic (exact) mass is 478 g/mol. The lowest BCUT2D eigenvalue weighted by molar-refractivity contribution is -0.131. The molecule has 0 amide bonds. The van der Waals surface area contributed by atoms with Crippen molar-refractivity contribution in [3.05, 3.63) is 29.3 Å². The molecule has 33 heavy (non-hydrogen) atoms. The highest BCUT2D eigenvalue weighted by atomic mass is 28.4. The van der Waals surface area contributed by atoms with Crippen LogP contribution >= 0.6 is 0 Å². The third kappa shape index (κ3) is 6.44. The molecule has 0 aliphatic carbocycles. The molecule has 8 heteroatoms. The summed E-state index contributed by atoms with van der Waals surface area (Å²) < 4.78 is 24.3. The van der Waals surface area contributed by atoms with E-state index >= 15 is 0 Å². The minimum absolute atomic E-state index is 0.0552. The van der Waals surface area contributed by atoms with Crippen LogP contribution in [0, 0.1) is 0 Å². The summed E-state index contributed by atoms with van der Waals surface area (Å²) in [4.78, 5) is 24.8. The molecule has 0 radical (unpaired) electrons. The van der Waals surface area contributed by atoms with E-state index in [0.29, 0.717) is 19.3 Å². The van der Waals surface area contributed by atoms with Gasteiger partial charge in [0.1, 0.15) is 17.4 Å². The number of carbonyl (C=O) groups excluding carboxylic acids is 2. The second-order valence-electron chi connectivity index (χ2n) is 10.7. The molecule has 1 saturated heterocycles. The molecule has 184 valence electrons. The summed E-state index contributed by atoms with van der Waals surface area (Å²) in [6.45, 7) is 12.4. The van der Waals surface area contributed by atoms with E-state index in [1.54, 1.807) is 12.1 Å². The highest BCUT2D eigenvalue weighted by Crippen LogP contribution is 2.40. The van der Waals surface area contributed by atoms with Crippen molar-refractivity contribution < 1.29 is 33.3 Å². The second kappa shape index (κ2) is 10.3. The van der Waals surface area contributed by atoms with Gasteiger partial charge in [0.15, 0.2) is 8.32 Å². The van der Waals surface area contributed by atoms with Gasteiger partial charge in [0.25, 0.3) is 0 Å². The quantitative estimate of drug-likeness (QED) is 0.381. The predicted octanol–water partition coefficient (Wildman–Crippen LogP) is 4.40. The maximum Gasteiger partial charge on any atom is 0.342 e. The molecule has 4 atom stereocenters. The Morgan fingerprint density at radius 1 is 1.18 bits per heavy atom. The fraction of sp³-hybridized carbons (Fsp3) is 0.680. The van der Waals surface area contributed by atoms with Gasteiger partial charge in [-0.3, -0.25) is 4.79 Å². The zero-order valence-electron chi connectivity index (χ0n) is 20.7. The first kappa shape index (κ1) is 25.9. The van der Waals surface area contributed by atoms with E-state index in [4.69, 9.17) is 18.6 Å². The molecule has 1 aromatic carbocycles. The van der Waals surface area contributed by atoms with Crippen molar-refractivity contribution in [1.29, 1.82) is 0 Å². The van der Waals surface area contributed by atoms with Crippen LogP contribution in [-0.4, -0.2) is 56.4 Å². The van der Waals surface area contributed by atoms with E-state index in [0.717, 1.165) is 18.4 Å². The van der Waals surface area contributed by atoms with Crippen LogP contribution in [-0.2, 0) is 25.1 Å². The molecule has 1 aromatic rings. The van der Waals surface area contributed by atoms with E-state index in [-0.39, 0.29) is 41.3 Å². The maximum absolute atomic E-state index is 13.1. The number of hydrogen-bond acceptors (Lipinski definition) is 7. The standard InChI is InChI=1S/C25H38O7Si/c1-16(27)29-22-9-7-8-17-12-19-14-21(32-33(5,6)25(2,3)4)15-20(30-19)13-18(10-11-26)31-24(28)23(17)22/h7-9,18-21,26H,10-15H2,1-6H3/t18-,19-,20-,21+/m0/s1. The summed E-state index contributed by atoms with van der Waals surface area (Å²) in [5.41, 5.74) is 0.977. The summed E-state index contributed by atoms with van der Waals surface area (Å²) in [6, 6.07) is 5.22. The molecule has 2 aliphatic heterocycles. The van der Waals surface area contributed by atoms with E-state index in [1.807, 2.05) is 6.07 Å². The van der Waals surface area contributed by atoms with E-state index in [9.17, 15) is 14.7 Å². The molecule has 2 aliphatic rings. The molecule has 1 N–H and O–H groups in total. The van der Waals surface area contributed by atoms with Crippen molar-refractivity contribution >= 4 is 20.3 Å². The number of ether oxygens (including phenoxy) is 3. The van der Waals surface area contributed by atoms with Crippen LogP contribution in [0.2, 0.25) is 18.1 Å². The molecule has 0 saturated carbocycles. The normalized spacial score (nSPS) is 26.2. The van der Waals surface area contributed by atoms with Crippen LogP contribution in [0.1, 0.15) is 69.3 Å². The average Bonchev–Trinajstić information content (AvgIpc) is 2.65. The molecule has 0 aromatic heterocycles. The average molecular weight is 479 g/mol. The summed E-state index contributed by atoms with van der Waals surface area (Å²) in [5, 5.41) is 9.66. The van der Waals surface area contributed by atoms with Gasteiger partial charge < -0.3 is 23.7 Å². The Kier molecular flexibility index (Phi) is 8.04. The number of rotatable bonds is 5. The minimum atomic E-state index is -1.97. The topological polar surface area (TPSA) is 91.3 Å². The number of esters is 2. The van der Waals surface area contributed by atoms with Gasteiger partial charge in [-0.1, -0.05) is 32.9 Å². The van der Waals surface area contributed by atoms with Crippen molar-refractivity contribution in [3.8, 4) is 5.75 Å². The molecular weight excluding hydrogens is 440 g/mol. The SMILES string of the molecule is CC(=O)Oc1cccc2c1C(=O)O[C@@H](CCO)C[C@H]1C[C@H](O[Si](C)(C)C(C)(C)C)C[C@H](C2)O1. The summed E-state index contributed by atoms with van der Waals surface area (Å²) in [6.07, 6.45) is 2.07. The van der Waals surface area contributed by atoms with Gasteiger partial charge in [0, 0.05) is 32.5 Å². The van der Waals surface area contributed by atoms with Crippen LogP contribution in [0.25, 0.3) is 0 Å². The predicted molar refractivity (Wildman–Crippen MR) is 127 cm³/mol. The third-order valence-corrected chi connectivity index (χ3v) is 11.5. The second-order valence-corrected chi connectivity index (χ2v) is 15.5. The smallest absolute Gasteiger partial charge is 0.342 e. The first-order chi connectivity index (χ1) is 15.4. The number of hydrogen-bond donors (Lipinski definition) is 1. The van der Waals surface area contributed by atoms with Gasteiger partial charge >= 0.3 is 11.9 Å². The maximum atomic E-state index is 13.1. The lowest BCUT2D eigenvalue weighted by atomic mass is 9.91. The minimum Gasteiger partial charge on any atom is -0.458 e. The lowest BCUT2D eigenvalue weighted by Gasteiger charge is -2.44. The Morgan fingerprint density at radius 3 is 2.52 bits per heavy atom. The molecular formula is C25H38O7Si. The first-order valence-electron chi connectivity index (χ1n) is 11.8. The molecule has 1 fully saturated rings. The number of cyclic esters (lactones) is 1. The fourth-order valence-corrected chi connectivity index (χ4v) is 5.75. The Morgan fingerprint density at radius 2 is 1.88 bits per heavy atom. The van der Waals surface area contributed by atoms with E-state index < -0.39 is 26.4 Å². The van der Waals surface area contributed by atoms with Gasteiger partial charge in [0.05, 0.1) is 12.2 Å². The Balaban J connectivity index is 1.95. The van der Waals surface area contributed by atoms with Crippen molar-refractivity contribution in [1.82, 2.24) is 0 Å². The van der Waals surface area contributed by atoms with Crippen LogP contribution < -0.4 is 4.74 Å². The zero-order valence-corrected chi connectivity index (χ0v) is 21.7. The summed E-state index contributed by atoms with van der Waals surface area (Å²) >= 11 is 0. The van der Waals surface area contributed by atoms with Gasteiger partial charge in [-0.25, -0.2) is 4.79 Å². The molecule has 0 unspecified atom stereocenters. The van der Waals surface area contributed by atoms with Crippen LogP contribution in [0.3, 0.4) is 0 Å². The highest BCUT2D eigenvalue weighted by molar-refractivity contribution is 6.74. The van der Waals surface area contributed by atoms with Crippen molar-refractivity contribution in [2.24, 2.45) is 0 Å². The first-order valence-corrected chi connectivity index (χ1v) is 14.8. The van der Waals surface area contributed by atoms with E-state index in [1.165, 1.54) is 6.92 Å². The number of aliphatic hydroxyl groups is 1. The van der Waals surface area contributed by atoms with Crippen LogP contribution in [0.5, 0.6) is 5.75 Å². The highest BCUT2D eigenvalue weighted by Gasteiger charge is 2.42. The van der Waals surface area contributed by atoms with Crippen molar-refractivity contribution in [2.45, 2.75) is 102 Å². The Labute approximate surface area is 197 Å². The van der Waals surface area contributed by atoms with Crippen molar-refractivity contribution in [2.75, 3.05) is 6.61 Å². The number of fused-ring (bicyclic) bond motifs is 3. The molecule has 0 spiro atoms. The molecule has 7 nitrogen and oxygen atoms in total. The third-order valence-electron chi connectivity index (χ3n) is 6.97. The Bertz CT molecular complexity index is 861. The summed E-state index contributed by atoms with van der Waals surface area (Å²) in [5.74, 6) is -0.846. The van der Waals surface area contributed by atoms with Crippen LogP contribution in [0.15, 0.2) is 18.2 Å². The molecule has 3 rings (SSSR count). The van der Waals surface area contributed by atoms with Gasteiger partial charge in [-0.05, 0) is 49.0 Å². The van der Waals surface area contributed by atoms with Gasteiger partial charge in [-0.2, -0.15) is 0 Å². The number of aliphatic hydroxyl groups excluding tert-OH is 1. The number of benzene rings is 1. The van der Waals surface area contributed by atoms with Crippen LogP contribution in [0.4, 0.5) is 0 Å². The largest absolute Gasteiger partial charge is 0.458 e. The lowest BCUT2D eigenvalue weighted by Crippen LogP contribution is -2.48. The van der Waals surface area contributed by atoms with Crippen molar-refractivity contribution in [3.63, 3.8) is 0 Å². The zero-order chi connectivity index (χ0) is 24.4. The molecule has 2 heterocycles. The number of carbonyl (C=O) groups is 2. The molecule has 2 bridgehead atoms. The fourth-order valence-electron chi connectivity index (χ4n) is 4.37. The Hall–Kier alpha value is -1.74.